The Labute approximate surface area is 115 Å². The molecule has 0 unspecified atom stereocenters. The molecule has 0 atom stereocenters. The molecule has 0 fully saturated rings. The van der Waals surface area contributed by atoms with Crippen molar-refractivity contribution in [1.29, 1.82) is 0 Å². The van der Waals surface area contributed by atoms with Gasteiger partial charge in [-0.15, -0.1) is 0 Å². The number of hydrogen-bond acceptors (Lipinski definition) is 4. The molecule has 0 spiro atoms. The van der Waals surface area contributed by atoms with Crippen LogP contribution in [0.2, 0.25) is 0 Å². The summed E-state index contributed by atoms with van der Waals surface area (Å²) in [6.45, 7) is 5.01. The van der Waals surface area contributed by atoms with E-state index in [0.29, 0.717) is 11.3 Å². The lowest BCUT2D eigenvalue weighted by Gasteiger charge is -2.39. The molecule has 6 heteroatoms. The van der Waals surface area contributed by atoms with Crippen LogP contribution in [0.25, 0.3) is 5.57 Å². The van der Waals surface area contributed by atoms with E-state index >= 15 is 0 Å². The fourth-order valence-electron chi connectivity index (χ4n) is 1.86. The molecule has 19 heavy (non-hydrogen) atoms. The van der Waals surface area contributed by atoms with Crippen LogP contribution in [0.5, 0.6) is 0 Å². The van der Waals surface area contributed by atoms with Gasteiger partial charge in [0, 0.05) is 5.56 Å². The van der Waals surface area contributed by atoms with Gasteiger partial charge in [0.25, 0.3) is 5.91 Å². The number of carbonyl (C=O) groups is 2. The summed E-state index contributed by atoms with van der Waals surface area (Å²) in [4.78, 5) is 25.4. The minimum Gasteiger partial charge on any atom is -0.477 e. The van der Waals surface area contributed by atoms with E-state index < -0.39 is 11.4 Å². The number of amides is 2. The predicted molar refractivity (Wildman–Crippen MR) is 73.0 cm³/mol. The molecule has 0 saturated carbocycles. The molecule has 2 heterocycles. The molecule has 2 amide bonds. The van der Waals surface area contributed by atoms with Crippen molar-refractivity contribution in [3.05, 3.63) is 28.1 Å². The van der Waals surface area contributed by atoms with E-state index in [4.69, 9.17) is 10.5 Å². The van der Waals surface area contributed by atoms with E-state index in [-0.39, 0.29) is 12.6 Å². The van der Waals surface area contributed by atoms with Crippen LogP contribution in [0.3, 0.4) is 0 Å². The van der Waals surface area contributed by atoms with Crippen molar-refractivity contribution >= 4 is 28.7 Å². The Hall–Kier alpha value is -1.82. The van der Waals surface area contributed by atoms with Crippen LogP contribution in [0.4, 0.5) is 0 Å². The Morgan fingerprint density at radius 1 is 1.53 bits per heavy atom. The SMILES string of the molecule is CC1=C(c2ccsc2)C(=O)N(C(C)(C)C(N)=O)CO1. The zero-order chi connectivity index (χ0) is 14.2. The summed E-state index contributed by atoms with van der Waals surface area (Å²) in [6, 6.07) is 1.85. The van der Waals surface area contributed by atoms with Gasteiger partial charge in [-0.05, 0) is 37.6 Å². The van der Waals surface area contributed by atoms with E-state index in [1.54, 1.807) is 20.8 Å². The van der Waals surface area contributed by atoms with E-state index in [1.807, 2.05) is 16.8 Å². The van der Waals surface area contributed by atoms with Gasteiger partial charge in [0.1, 0.15) is 11.3 Å². The van der Waals surface area contributed by atoms with Gasteiger partial charge in [-0.1, -0.05) is 0 Å². The number of nitrogens with two attached hydrogens (primary N) is 1. The number of primary amides is 1. The van der Waals surface area contributed by atoms with Crippen molar-refractivity contribution in [3.63, 3.8) is 0 Å². The van der Waals surface area contributed by atoms with Crippen molar-refractivity contribution in [3.8, 4) is 0 Å². The zero-order valence-corrected chi connectivity index (χ0v) is 11.9. The van der Waals surface area contributed by atoms with Gasteiger partial charge in [0.15, 0.2) is 6.73 Å². The lowest BCUT2D eigenvalue weighted by Crippen LogP contribution is -2.57. The number of carbonyl (C=O) groups excluding carboxylic acids is 2. The summed E-state index contributed by atoms with van der Waals surface area (Å²) in [5.74, 6) is -0.223. The lowest BCUT2D eigenvalue weighted by atomic mass is 9.98. The van der Waals surface area contributed by atoms with E-state index in [1.165, 1.54) is 16.2 Å². The fraction of sp³-hybridized carbons (Fsp3) is 0.385. The number of thiophene rings is 1. The zero-order valence-electron chi connectivity index (χ0n) is 11.1. The minimum absolute atomic E-state index is 0.0360. The average molecular weight is 280 g/mol. The topological polar surface area (TPSA) is 72.6 Å². The Balaban J connectivity index is 2.42. The van der Waals surface area contributed by atoms with Crippen LogP contribution in [0.1, 0.15) is 26.3 Å². The maximum absolute atomic E-state index is 12.6. The van der Waals surface area contributed by atoms with Gasteiger partial charge in [0.2, 0.25) is 5.91 Å². The fourth-order valence-corrected chi connectivity index (χ4v) is 2.51. The van der Waals surface area contributed by atoms with Crippen LogP contribution in [-0.2, 0) is 14.3 Å². The third-order valence-electron chi connectivity index (χ3n) is 3.31. The molecule has 0 saturated heterocycles. The number of nitrogens with zero attached hydrogens (tertiary/aromatic N) is 1. The summed E-state index contributed by atoms with van der Waals surface area (Å²) in [7, 11) is 0. The highest BCUT2D eigenvalue weighted by Gasteiger charge is 2.41. The Kier molecular flexibility index (Phi) is 3.36. The molecular weight excluding hydrogens is 264 g/mol. The summed E-state index contributed by atoms with van der Waals surface area (Å²) < 4.78 is 5.52. The van der Waals surface area contributed by atoms with Crippen LogP contribution in [0, 0.1) is 0 Å². The van der Waals surface area contributed by atoms with Gasteiger partial charge < -0.3 is 10.5 Å². The second-order valence-electron chi connectivity index (χ2n) is 4.87. The first-order chi connectivity index (χ1) is 8.85. The largest absolute Gasteiger partial charge is 0.477 e. The number of hydrogen-bond donors (Lipinski definition) is 1. The van der Waals surface area contributed by atoms with Gasteiger partial charge in [-0.2, -0.15) is 11.3 Å². The van der Waals surface area contributed by atoms with Crippen molar-refractivity contribution in [2.75, 3.05) is 6.73 Å². The highest BCUT2D eigenvalue weighted by molar-refractivity contribution is 7.08. The first-order valence-electron chi connectivity index (χ1n) is 5.84. The number of ether oxygens (including phenoxy) is 1. The van der Waals surface area contributed by atoms with Crippen molar-refractivity contribution in [2.45, 2.75) is 26.3 Å². The normalized spacial score (nSPS) is 16.6. The molecule has 0 aliphatic carbocycles. The molecule has 2 N–H and O–H groups in total. The molecule has 1 aromatic heterocycles. The summed E-state index contributed by atoms with van der Waals surface area (Å²) in [5.41, 5.74) is 5.57. The molecule has 5 nitrogen and oxygen atoms in total. The molecular formula is C13H16N2O3S. The van der Waals surface area contributed by atoms with Crippen LogP contribution >= 0.6 is 11.3 Å². The molecule has 0 radical (unpaired) electrons. The molecule has 1 aromatic rings. The molecule has 1 aliphatic rings. The molecule has 1 aliphatic heterocycles. The van der Waals surface area contributed by atoms with E-state index in [0.717, 1.165) is 5.56 Å². The number of rotatable bonds is 3. The van der Waals surface area contributed by atoms with Crippen molar-refractivity contribution < 1.29 is 14.3 Å². The van der Waals surface area contributed by atoms with E-state index in [2.05, 4.69) is 0 Å². The predicted octanol–water partition coefficient (Wildman–Crippen LogP) is 1.56. The number of allylic oxidation sites excluding steroid dienone is 1. The first kappa shape index (κ1) is 13.6. The van der Waals surface area contributed by atoms with Crippen molar-refractivity contribution in [1.82, 2.24) is 4.90 Å². The monoisotopic (exact) mass is 280 g/mol. The first-order valence-corrected chi connectivity index (χ1v) is 6.78. The quantitative estimate of drug-likeness (QED) is 0.913. The summed E-state index contributed by atoms with van der Waals surface area (Å²) in [5, 5.41) is 3.77. The summed E-state index contributed by atoms with van der Waals surface area (Å²) in [6.07, 6.45) is 0. The average Bonchev–Trinajstić information content (AvgIpc) is 2.82. The second kappa shape index (κ2) is 4.70. The van der Waals surface area contributed by atoms with Crippen molar-refractivity contribution in [2.24, 2.45) is 5.73 Å². The molecule has 0 bridgehead atoms. The molecule has 102 valence electrons. The molecule has 0 aromatic carbocycles. The second-order valence-corrected chi connectivity index (χ2v) is 5.65. The highest BCUT2D eigenvalue weighted by Crippen LogP contribution is 2.31. The van der Waals surface area contributed by atoms with Crippen LogP contribution in [-0.4, -0.2) is 29.0 Å². The highest BCUT2D eigenvalue weighted by atomic mass is 32.1. The Bertz CT molecular complexity index is 546. The van der Waals surface area contributed by atoms with E-state index in [9.17, 15) is 9.59 Å². The third kappa shape index (κ3) is 2.23. The minimum atomic E-state index is -1.08. The maximum Gasteiger partial charge on any atom is 0.261 e. The van der Waals surface area contributed by atoms with Gasteiger partial charge in [-0.25, -0.2) is 0 Å². The lowest BCUT2D eigenvalue weighted by molar-refractivity contribution is -0.148. The smallest absolute Gasteiger partial charge is 0.261 e. The Morgan fingerprint density at radius 2 is 2.21 bits per heavy atom. The van der Waals surface area contributed by atoms with Gasteiger partial charge in [0.05, 0.1) is 5.57 Å². The van der Waals surface area contributed by atoms with Crippen LogP contribution in [0.15, 0.2) is 22.6 Å². The van der Waals surface area contributed by atoms with Crippen LogP contribution < -0.4 is 5.73 Å². The Morgan fingerprint density at radius 3 is 2.74 bits per heavy atom. The summed E-state index contributed by atoms with van der Waals surface area (Å²) >= 11 is 1.50. The van der Waals surface area contributed by atoms with Gasteiger partial charge in [-0.3, -0.25) is 14.5 Å². The standard InChI is InChI=1S/C13H16N2O3S/c1-8-10(9-4-5-19-6-9)11(16)15(7-18-8)13(2,3)12(14)17/h4-6H,7H2,1-3H3,(H2,14,17). The third-order valence-corrected chi connectivity index (χ3v) is 3.99. The maximum atomic E-state index is 12.6. The molecule has 2 rings (SSSR count). The van der Waals surface area contributed by atoms with Gasteiger partial charge >= 0.3 is 0 Å².